The highest BCUT2D eigenvalue weighted by Gasteiger charge is 2.23. The average Bonchev–Trinajstić information content (AvgIpc) is 3.02. The largest absolute Gasteiger partial charge is 0.456 e. The van der Waals surface area contributed by atoms with Crippen molar-refractivity contribution in [2.75, 3.05) is 13.2 Å². The summed E-state index contributed by atoms with van der Waals surface area (Å²) in [6, 6.07) is 6.34. The number of unbranched alkanes of at least 4 members (excludes halogenated alkanes) is 2. The fourth-order valence-electron chi connectivity index (χ4n) is 3.83. The monoisotopic (exact) mass is 665 g/mol. The van der Waals surface area contributed by atoms with Gasteiger partial charge in [0.2, 0.25) is 5.91 Å². The van der Waals surface area contributed by atoms with Crippen LogP contribution in [0.4, 0.5) is 0 Å². The predicted molar refractivity (Wildman–Crippen MR) is 199 cm³/mol. The van der Waals surface area contributed by atoms with E-state index in [0.717, 1.165) is 57.3 Å². The molecule has 48 heavy (non-hydrogen) atoms. The molecule has 1 N–H and O–H groups in total. The van der Waals surface area contributed by atoms with Crippen molar-refractivity contribution in [3.05, 3.63) is 90.6 Å². The first-order valence-electron chi connectivity index (χ1n) is 17.6. The van der Waals surface area contributed by atoms with Crippen LogP contribution in [0, 0.1) is 5.92 Å². The smallest absolute Gasteiger partial charge is 0.342 e. The summed E-state index contributed by atoms with van der Waals surface area (Å²) in [5.41, 5.74) is -0.547. The number of allylic oxidation sites excluding steroid dienone is 10. The number of esters is 2. The van der Waals surface area contributed by atoms with E-state index in [0.29, 0.717) is 13.0 Å². The number of hydrogen-bond donors (Lipinski definition) is 1. The third kappa shape index (κ3) is 26.4. The van der Waals surface area contributed by atoms with E-state index in [1.807, 2.05) is 6.92 Å². The first kappa shape index (κ1) is 44.3. The number of amides is 1. The van der Waals surface area contributed by atoms with Crippen LogP contribution in [-0.4, -0.2) is 42.7 Å². The fourth-order valence-corrected chi connectivity index (χ4v) is 3.83. The van der Waals surface area contributed by atoms with E-state index < -0.39 is 23.6 Å². The van der Waals surface area contributed by atoms with Crippen molar-refractivity contribution in [2.24, 2.45) is 5.92 Å². The van der Waals surface area contributed by atoms with Crippen molar-refractivity contribution in [3.8, 4) is 5.75 Å². The van der Waals surface area contributed by atoms with Crippen LogP contribution in [0.5, 0.6) is 5.75 Å². The van der Waals surface area contributed by atoms with Crippen LogP contribution in [0.15, 0.2) is 85.0 Å². The maximum atomic E-state index is 12.5. The molecule has 7 nitrogen and oxygen atoms in total. The Hall–Kier alpha value is -3.71. The van der Waals surface area contributed by atoms with E-state index in [-0.39, 0.29) is 23.8 Å². The van der Waals surface area contributed by atoms with E-state index >= 15 is 0 Å². The van der Waals surface area contributed by atoms with Crippen molar-refractivity contribution < 1.29 is 28.6 Å². The summed E-state index contributed by atoms with van der Waals surface area (Å²) in [6.45, 7) is 15.9. The molecule has 268 valence electrons. The van der Waals surface area contributed by atoms with Crippen molar-refractivity contribution in [2.45, 2.75) is 125 Å². The Morgan fingerprint density at radius 2 is 1.29 bits per heavy atom. The SMILES string of the molecule is CC(C)C.CC/C=C\C/C=C\C/C=C\C/C=C\C/C=C\CCCCOC(CC)C(=O)NCC(=O)Oc1ccccc1C(=O)OC(C)(C)C. The van der Waals surface area contributed by atoms with Crippen LogP contribution in [-0.2, 0) is 19.1 Å². The number of rotatable bonds is 21. The molecule has 0 aliphatic carbocycles. The Morgan fingerprint density at radius 3 is 1.81 bits per heavy atom. The summed E-state index contributed by atoms with van der Waals surface area (Å²) < 4.78 is 16.5. The molecular formula is C41H63NO6. The number of carbonyl (C=O) groups is 3. The lowest BCUT2D eigenvalue weighted by Gasteiger charge is -2.20. The molecule has 0 aliphatic rings. The Labute approximate surface area is 291 Å². The average molecular weight is 666 g/mol. The third-order valence-electron chi connectivity index (χ3n) is 6.04. The second kappa shape index (κ2) is 28.3. The normalized spacial score (nSPS) is 12.7. The molecule has 1 aromatic carbocycles. The third-order valence-corrected chi connectivity index (χ3v) is 6.04. The highest BCUT2D eigenvalue weighted by atomic mass is 16.6. The molecule has 0 radical (unpaired) electrons. The van der Waals surface area contributed by atoms with Crippen molar-refractivity contribution in [3.63, 3.8) is 0 Å². The molecule has 0 saturated heterocycles. The van der Waals surface area contributed by atoms with Gasteiger partial charge in [0, 0.05) is 6.61 Å². The summed E-state index contributed by atoms with van der Waals surface area (Å²) in [4.78, 5) is 37.4. The quantitative estimate of drug-likeness (QED) is 0.0608. The van der Waals surface area contributed by atoms with Gasteiger partial charge in [-0.3, -0.25) is 4.79 Å². The highest BCUT2D eigenvalue weighted by molar-refractivity contribution is 5.94. The minimum atomic E-state index is -0.693. The zero-order valence-electron chi connectivity index (χ0n) is 31.0. The fraction of sp³-hybridized carbons (Fsp3) is 0.537. The lowest BCUT2D eigenvalue weighted by atomic mass is 10.1. The van der Waals surface area contributed by atoms with Gasteiger partial charge in [-0.05, 0) is 96.6 Å². The summed E-state index contributed by atoms with van der Waals surface area (Å²) >= 11 is 0. The van der Waals surface area contributed by atoms with Gasteiger partial charge >= 0.3 is 11.9 Å². The maximum absolute atomic E-state index is 12.5. The molecule has 0 spiro atoms. The number of hydrogen-bond acceptors (Lipinski definition) is 6. The van der Waals surface area contributed by atoms with Gasteiger partial charge in [-0.2, -0.15) is 0 Å². The van der Waals surface area contributed by atoms with Gasteiger partial charge < -0.3 is 19.5 Å². The molecular weight excluding hydrogens is 602 g/mol. The molecule has 0 bridgehead atoms. The maximum Gasteiger partial charge on any atom is 0.342 e. The minimum Gasteiger partial charge on any atom is -0.456 e. The molecule has 1 aromatic rings. The number of benzene rings is 1. The first-order chi connectivity index (χ1) is 22.9. The van der Waals surface area contributed by atoms with Gasteiger partial charge in [0.05, 0.1) is 0 Å². The summed E-state index contributed by atoms with van der Waals surface area (Å²) in [6.07, 6.45) is 29.4. The zero-order chi connectivity index (χ0) is 36.0. The van der Waals surface area contributed by atoms with Gasteiger partial charge in [-0.15, -0.1) is 0 Å². The second-order valence-corrected chi connectivity index (χ2v) is 12.9. The van der Waals surface area contributed by atoms with Gasteiger partial charge in [-0.1, -0.05) is 108 Å². The molecule has 1 unspecified atom stereocenters. The van der Waals surface area contributed by atoms with E-state index in [2.05, 4.69) is 93.8 Å². The second-order valence-electron chi connectivity index (χ2n) is 12.9. The molecule has 0 fully saturated rings. The van der Waals surface area contributed by atoms with Crippen molar-refractivity contribution >= 4 is 17.8 Å². The van der Waals surface area contributed by atoms with Crippen LogP contribution < -0.4 is 10.1 Å². The minimum absolute atomic E-state index is 0.0804. The summed E-state index contributed by atoms with van der Waals surface area (Å²) in [5, 5.41) is 2.57. The van der Waals surface area contributed by atoms with Gasteiger partial charge in [0.15, 0.2) is 0 Å². The molecule has 0 aromatic heterocycles. The zero-order valence-corrected chi connectivity index (χ0v) is 31.0. The standard InChI is InChI=1S/C37H53NO6.C4H10/c1-6-8-9-10-11-12-13-14-15-16-17-18-19-20-21-22-23-26-29-42-32(7-2)35(40)38-30-34(39)43-33-28-25-24-27-31(33)36(41)44-37(3,4)5;1-4(2)3/h8-9,11-12,14-15,17-18,20-21,24-25,27-28,32H,6-7,10,13,16,19,22-23,26,29-30H2,1-5H3,(H,38,40);4H,1-3H3/b9-8-,12-11-,15-14-,18-17-,21-20-;. The van der Waals surface area contributed by atoms with E-state index in [4.69, 9.17) is 14.2 Å². The number of nitrogens with one attached hydrogen (secondary N) is 1. The van der Waals surface area contributed by atoms with Crippen LogP contribution in [0.1, 0.15) is 124 Å². The van der Waals surface area contributed by atoms with Gasteiger partial charge in [0.25, 0.3) is 0 Å². The predicted octanol–water partition coefficient (Wildman–Crippen LogP) is 10.0. The Balaban J connectivity index is 0.00000520. The molecule has 0 saturated carbocycles. The highest BCUT2D eigenvalue weighted by Crippen LogP contribution is 2.21. The number of para-hydroxylation sites is 1. The Morgan fingerprint density at radius 1 is 0.771 bits per heavy atom. The summed E-state index contributed by atoms with van der Waals surface area (Å²) in [7, 11) is 0. The van der Waals surface area contributed by atoms with E-state index in [1.54, 1.807) is 32.9 Å². The summed E-state index contributed by atoms with van der Waals surface area (Å²) in [5.74, 6) is -0.744. The van der Waals surface area contributed by atoms with Crippen LogP contribution >= 0.6 is 0 Å². The molecule has 1 amide bonds. The Kier molecular flexibility index (Phi) is 26.1. The van der Waals surface area contributed by atoms with Gasteiger partial charge in [0.1, 0.15) is 29.6 Å². The van der Waals surface area contributed by atoms with Crippen molar-refractivity contribution in [1.82, 2.24) is 5.32 Å². The topological polar surface area (TPSA) is 90.9 Å². The number of ether oxygens (including phenoxy) is 3. The Bertz CT molecular complexity index is 1170. The van der Waals surface area contributed by atoms with Crippen LogP contribution in [0.2, 0.25) is 0 Å². The lowest BCUT2D eigenvalue weighted by molar-refractivity contribution is -0.139. The van der Waals surface area contributed by atoms with E-state index in [9.17, 15) is 14.4 Å². The molecule has 1 rings (SSSR count). The number of carbonyl (C=O) groups excluding carboxylic acids is 3. The molecule has 0 aliphatic heterocycles. The molecule has 0 heterocycles. The first-order valence-corrected chi connectivity index (χ1v) is 17.6. The van der Waals surface area contributed by atoms with E-state index in [1.165, 1.54) is 12.1 Å². The van der Waals surface area contributed by atoms with Crippen LogP contribution in [0.3, 0.4) is 0 Å². The lowest BCUT2D eigenvalue weighted by Crippen LogP contribution is -2.40. The van der Waals surface area contributed by atoms with Crippen molar-refractivity contribution in [1.29, 1.82) is 0 Å². The van der Waals surface area contributed by atoms with Crippen LogP contribution in [0.25, 0.3) is 0 Å². The molecule has 1 atom stereocenters. The molecule has 7 heteroatoms. The van der Waals surface area contributed by atoms with Gasteiger partial charge in [-0.25, -0.2) is 9.59 Å².